The van der Waals surface area contributed by atoms with Crippen molar-refractivity contribution in [2.75, 3.05) is 0 Å². The SMILES string of the molecule is CC(=N)/C(=C(/C)O)c1cnc2c(-c3ccc(C(=O)O)c(Cl)c3)cn([C@@H](C)c3ccccn3)c2n1. The molecular weight excluding hydrogens is 454 g/mol. The van der Waals surface area contributed by atoms with Crippen LogP contribution in [0.4, 0.5) is 0 Å². The molecule has 8 nitrogen and oxygen atoms in total. The number of halogens is 1. The van der Waals surface area contributed by atoms with Crippen LogP contribution >= 0.6 is 11.6 Å². The summed E-state index contributed by atoms with van der Waals surface area (Å²) in [6.45, 7) is 5.07. The molecule has 0 aliphatic rings. The fraction of sp³-hybridized carbons (Fsp3) is 0.160. The minimum absolute atomic E-state index is 0.0130. The topological polar surface area (TPSA) is 125 Å². The minimum Gasteiger partial charge on any atom is -0.512 e. The first-order valence-corrected chi connectivity index (χ1v) is 10.8. The van der Waals surface area contributed by atoms with Crippen LogP contribution < -0.4 is 0 Å². The number of fused-ring (bicyclic) bond motifs is 1. The molecule has 3 N–H and O–H groups in total. The molecule has 0 aliphatic carbocycles. The number of aromatic carboxylic acids is 1. The summed E-state index contributed by atoms with van der Waals surface area (Å²) in [5.74, 6) is -1.12. The van der Waals surface area contributed by atoms with Gasteiger partial charge in [-0.05, 0) is 50.6 Å². The van der Waals surface area contributed by atoms with Crippen LogP contribution in [0.15, 0.2) is 60.7 Å². The maximum Gasteiger partial charge on any atom is 0.337 e. The number of benzene rings is 1. The quantitative estimate of drug-likeness (QED) is 0.239. The average Bonchev–Trinajstić information content (AvgIpc) is 3.17. The number of allylic oxidation sites excluding steroid dienone is 2. The van der Waals surface area contributed by atoms with Gasteiger partial charge in [0.05, 0.1) is 39.8 Å². The Bertz CT molecular complexity index is 1460. The standard InChI is InChI=1S/C25H22ClN5O3/c1-13(27)22(15(3)32)21-11-29-23-18(16-7-8-17(25(33)34)19(26)10-16)12-31(24(23)30-21)14(2)20-6-4-5-9-28-20/h4-12,14,27,32H,1-3H3,(H,33,34)/b22-15+,27-13?/t14-/m0/s1. The van der Waals surface area contributed by atoms with Crippen LogP contribution in [0.2, 0.25) is 5.02 Å². The molecule has 1 aromatic carbocycles. The van der Waals surface area contributed by atoms with E-state index in [0.29, 0.717) is 33.6 Å². The van der Waals surface area contributed by atoms with E-state index in [9.17, 15) is 15.0 Å². The van der Waals surface area contributed by atoms with Gasteiger partial charge in [-0.1, -0.05) is 23.7 Å². The lowest BCUT2D eigenvalue weighted by Crippen LogP contribution is -2.09. The van der Waals surface area contributed by atoms with Crippen LogP contribution in [0.3, 0.4) is 0 Å². The number of hydrogen-bond donors (Lipinski definition) is 3. The summed E-state index contributed by atoms with van der Waals surface area (Å²) in [6.07, 6.45) is 5.11. The highest BCUT2D eigenvalue weighted by molar-refractivity contribution is 6.33. The fourth-order valence-electron chi connectivity index (χ4n) is 3.91. The second kappa shape index (κ2) is 9.07. The molecule has 0 unspecified atom stereocenters. The third kappa shape index (κ3) is 4.15. The van der Waals surface area contributed by atoms with E-state index in [1.807, 2.05) is 35.9 Å². The van der Waals surface area contributed by atoms with E-state index >= 15 is 0 Å². The Kier molecular flexibility index (Phi) is 6.17. The number of aliphatic hydroxyl groups excluding tert-OH is 1. The highest BCUT2D eigenvalue weighted by Gasteiger charge is 2.21. The second-order valence-corrected chi connectivity index (χ2v) is 8.30. The first kappa shape index (κ1) is 23.1. The minimum atomic E-state index is -1.10. The molecule has 0 amide bonds. The molecule has 4 rings (SSSR count). The number of carbonyl (C=O) groups is 1. The molecule has 1 atom stereocenters. The van der Waals surface area contributed by atoms with Crippen LogP contribution in [-0.2, 0) is 0 Å². The highest BCUT2D eigenvalue weighted by atomic mass is 35.5. The van der Waals surface area contributed by atoms with Gasteiger partial charge in [0.15, 0.2) is 5.65 Å². The summed E-state index contributed by atoms with van der Waals surface area (Å²) in [5.41, 5.74) is 4.18. The Balaban J connectivity index is 1.98. The zero-order valence-electron chi connectivity index (χ0n) is 18.7. The number of nitrogens with zero attached hydrogens (tertiary/aromatic N) is 4. The van der Waals surface area contributed by atoms with E-state index < -0.39 is 5.97 Å². The van der Waals surface area contributed by atoms with Crippen molar-refractivity contribution in [2.24, 2.45) is 0 Å². The molecule has 0 aliphatic heterocycles. The molecule has 0 spiro atoms. The van der Waals surface area contributed by atoms with Crippen molar-refractivity contribution in [1.82, 2.24) is 19.5 Å². The van der Waals surface area contributed by atoms with Gasteiger partial charge < -0.3 is 20.2 Å². The van der Waals surface area contributed by atoms with Gasteiger partial charge in [0.25, 0.3) is 0 Å². The number of rotatable bonds is 6. The lowest BCUT2D eigenvalue weighted by molar-refractivity contribution is 0.0697. The number of aliphatic hydroxyl groups is 1. The van der Waals surface area contributed by atoms with Gasteiger partial charge in [-0.15, -0.1) is 0 Å². The number of aromatic nitrogens is 4. The van der Waals surface area contributed by atoms with Crippen molar-refractivity contribution in [1.29, 1.82) is 5.41 Å². The molecule has 34 heavy (non-hydrogen) atoms. The van der Waals surface area contributed by atoms with Gasteiger partial charge in [-0.3, -0.25) is 4.98 Å². The number of carboxylic acid groups (broad SMARTS) is 1. The molecule has 3 aromatic heterocycles. The smallest absolute Gasteiger partial charge is 0.337 e. The van der Waals surface area contributed by atoms with Crippen molar-refractivity contribution >= 4 is 40.0 Å². The molecule has 3 heterocycles. The van der Waals surface area contributed by atoms with Gasteiger partial charge >= 0.3 is 5.97 Å². The van der Waals surface area contributed by atoms with Gasteiger partial charge in [0, 0.05) is 23.7 Å². The summed E-state index contributed by atoms with van der Waals surface area (Å²) < 4.78 is 1.92. The predicted molar refractivity (Wildman–Crippen MR) is 132 cm³/mol. The van der Waals surface area contributed by atoms with Gasteiger partial charge in [0.1, 0.15) is 11.3 Å². The molecule has 0 radical (unpaired) electrons. The van der Waals surface area contributed by atoms with E-state index in [1.54, 1.807) is 25.3 Å². The summed E-state index contributed by atoms with van der Waals surface area (Å²) in [5, 5.41) is 27.6. The third-order valence-corrected chi connectivity index (χ3v) is 5.87. The van der Waals surface area contributed by atoms with Crippen molar-refractivity contribution in [3.8, 4) is 11.1 Å². The molecule has 172 valence electrons. The normalized spacial score (nSPS) is 12.9. The van der Waals surface area contributed by atoms with E-state index in [4.69, 9.17) is 22.0 Å². The van der Waals surface area contributed by atoms with Gasteiger partial charge in [-0.25, -0.2) is 14.8 Å². The molecule has 0 bridgehead atoms. The molecular formula is C25H22ClN5O3. The lowest BCUT2D eigenvalue weighted by atomic mass is 10.1. The Morgan fingerprint density at radius 3 is 2.50 bits per heavy atom. The van der Waals surface area contributed by atoms with Crippen LogP contribution in [0, 0.1) is 5.41 Å². The van der Waals surface area contributed by atoms with Gasteiger partial charge in [0.2, 0.25) is 0 Å². The average molecular weight is 476 g/mol. The van der Waals surface area contributed by atoms with Crippen molar-refractivity contribution in [3.05, 3.63) is 82.7 Å². The van der Waals surface area contributed by atoms with E-state index in [1.165, 1.54) is 19.2 Å². The van der Waals surface area contributed by atoms with Crippen molar-refractivity contribution in [2.45, 2.75) is 26.8 Å². The lowest BCUT2D eigenvalue weighted by Gasteiger charge is -2.14. The Morgan fingerprint density at radius 2 is 1.91 bits per heavy atom. The Morgan fingerprint density at radius 1 is 1.15 bits per heavy atom. The second-order valence-electron chi connectivity index (χ2n) is 7.89. The first-order chi connectivity index (χ1) is 16.2. The molecule has 0 saturated carbocycles. The van der Waals surface area contributed by atoms with Crippen LogP contribution in [0.5, 0.6) is 0 Å². The Hall–Kier alpha value is -4.04. The molecule has 0 saturated heterocycles. The third-order valence-electron chi connectivity index (χ3n) is 5.56. The first-order valence-electron chi connectivity index (χ1n) is 10.5. The summed E-state index contributed by atoms with van der Waals surface area (Å²) in [4.78, 5) is 25.2. The van der Waals surface area contributed by atoms with E-state index in [2.05, 4.69) is 9.97 Å². The molecule has 4 aromatic rings. The van der Waals surface area contributed by atoms with Crippen LogP contribution in [-0.4, -0.2) is 41.4 Å². The van der Waals surface area contributed by atoms with E-state index in [-0.39, 0.29) is 28.1 Å². The monoisotopic (exact) mass is 475 g/mol. The zero-order chi connectivity index (χ0) is 24.6. The maximum atomic E-state index is 11.4. The number of pyridine rings is 1. The van der Waals surface area contributed by atoms with Crippen LogP contribution in [0.1, 0.15) is 48.6 Å². The Labute approximate surface area is 200 Å². The molecule has 0 fully saturated rings. The summed E-state index contributed by atoms with van der Waals surface area (Å²) in [6, 6.07) is 10.2. The largest absolute Gasteiger partial charge is 0.512 e. The predicted octanol–water partition coefficient (Wildman–Crippen LogP) is 5.78. The van der Waals surface area contributed by atoms with E-state index in [0.717, 1.165) is 5.69 Å². The van der Waals surface area contributed by atoms with Crippen molar-refractivity contribution < 1.29 is 15.0 Å². The highest BCUT2D eigenvalue weighted by Crippen LogP contribution is 2.34. The maximum absolute atomic E-state index is 11.4. The molecule has 9 heteroatoms. The summed E-state index contributed by atoms with van der Waals surface area (Å²) in [7, 11) is 0. The van der Waals surface area contributed by atoms with Crippen molar-refractivity contribution in [3.63, 3.8) is 0 Å². The van der Waals surface area contributed by atoms with Gasteiger partial charge in [-0.2, -0.15) is 0 Å². The number of nitrogens with one attached hydrogen (secondary N) is 1. The summed E-state index contributed by atoms with van der Waals surface area (Å²) >= 11 is 6.24. The zero-order valence-corrected chi connectivity index (χ0v) is 19.5. The fourth-order valence-corrected chi connectivity index (χ4v) is 4.17. The number of hydrogen-bond acceptors (Lipinski definition) is 6. The van der Waals surface area contributed by atoms with Crippen LogP contribution in [0.25, 0.3) is 27.9 Å². The number of carboxylic acids is 1.